The molecule has 0 fully saturated rings. The van der Waals surface area contributed by atoms with Crippen LogP contribution in [-0.2, 0) is 20.0 Å². The zero-order valence-electron chi connectivity index (χ0n) is 14.7. The molecule has 0 aliphatic carbocycles. The number of hydrogen-bond donors (Lipinski definition) is 2. The van der Waals surface area contributed by atoms with Crippen LogP contribution >= 0.6 is 11.6 Å². The normalized spacial score (nSPS) is 14.7. The number of rotatable bonds is 4. The summed E-state index contributed by atoms with van der Waals surface area (Å²) in [6.45, 7) is 0. The topological polar surface area (TPSA) is 105 Å². The summed E-state index contributed by atoms with van der Waals surface area (Å²) in [6, 6.07) is 18.7. The Morgan fingerprint density at radius 2 is 1.59 bits per heavy atom. The average molecular weight is 448 g/mol. The van der Waals surface area contributed by atoms with Gasteiger partial charge in [-0.1, -0.05) is 29.8 Å². The van der Waals surface area contributed by atoms with Gasteiger partial charge in [-0.15, -0.1) is 4.40 Å². The van der Waals surface area contributed by atoms with E-state index < -0.39 is 20.0 Å². The van der Waals surface area contributed by atoms with Crippen LogP contribution in [0.3, 0.4) is 0 Å². The second kappa shape index (κ2) is 7.18. The lowest BCUT2D eigenvalue weighted by atomic mass is 10.2. The number of nitrogens with one attached hydrogen (secondary N) is 2. The van der Waals surface area contributed by atoms with Crippen molar-refractivity contribution >= 4 is 48.9 Å². The second-order valence-electron chi connectivity index (χ2n) is 6.18. The molecule has 0 aromatic heterocycles. The largest absolute Gasteiger partial charge is 0.339 e. The lowest BCUT2D eigenvalue weighted by molar-refractivity contribution is 0.598. The van der Waals surface area contributed by atoms with E-state index >= 15 is 0 Å². The summed E-state index contributed by atoms with van der Waals surface area (Å²) in [6.07, 6.45) is 0. The van der Waals surface area contributed by atoms with E-state index in [-0.39, 0.29) is 15.6 Å². The maximum Gasteiger partial charge on any atom is 0.285 e. The molecule has 3 aromatic rings. The molecule has 0 atom stereocenters. The third-order valence-electron chi connectivity index (χ3n) is 4.14. The van der Waals surface area contributed by atoms with Gasteiger partial charge in [-0.3, -0.25) is 4.72 Å². The Morgan fingerprint density at radius 3 is 2.31 bits per heavy atom. The van der Waals surface area contributed by atoms with Gasteiger partial charge in [-0.2, -0.15) is 8.42 Å². The first-order valence-electron chi connectivity index (χ1n) is 8.34. The molecule has 7 nitrogen and oxygen atoms in total. The van der Waals surface area contributed by atoms with Crippen molar-refractivity contribution in [3.8, 4) is 0 Å². The molecule has 2 N–H and O–H groups in total. The highest BCUT2D eigenvalue weighted by Gasteiger charge is 2.28. The molecule has 10 heteroatoms. The number of anilines is 2. The van der Waals surface area contributed by atoms with Crippen molar-refractivity contribution in [2.24, 2.45) is 4.40 Å². The molecule has 29 heavy (non-hydrogen) atoms. The van der Waals surface area contributed by atoms with Crippen molar-refractivity contribution in [3.63, 3.8) is 0 Å². The van der Waals surface area contributed by atoms with Crippen LogP contribution in [0.1, 0.15) is 5.56 Å². The Morgan fingerprint density at radius 1 is 0.862 bits per heavy atom. The van der Waals surface area contributed by atoms with Gasteiger partial charge in [-0.05, 0) is 54.6 Å². The molecule has 0 amide bonds. The minimum Gasteiger partial charge on any atom is -0.339 e. The molecule has 4 rings (SSSR count). The van der Waals surface area contributed by atoms with Crippen LogP contribution in [0.5, 0.6) is 0 Å². The molecule has 0 saturated carbocycles. The van der Waals surface area contributed by atoms with Gasteiger partial charge in [0.1, 0.15) is 4.90 Å². The average Bonchev–Trinajstić information content (AvgIpc) is 2.92. The van der Waals surface area contributed by atoms with Crippen LogP contribution in [0, 0.1) is 0 Å². The van der Waals surface area contributed by atoms with Crippen LogP contribution < -0.4 is 10.0 Å². The summed E-state index contributed by atoms with van der Waals surface area (Å²) < 4.78 is 55.5. The third-order valence-corrected chi connectivity index (χ3v) is 7.10. The smallest absolute Gasteiger partial charge is 0.285 e. The van der Waals surface area contributed by atoms with Crippen molar-refractivity contribution < 1.29 is 16.8 Å². The van der Waals surface area contributed by atoms with Gasteiger partial charge < -0.3 is 5.32 Å². The van der Waals surface area contributed by atoms with Crippen molar-refractivity contribution in [3.05, 3.63) is 83.4 Å². The molecule has 1 aliphatic heterocycles. The number of benzene rings is 3. The first kappa shape index (κ1) is 19.4. The Labute approximate surface area is 173 Å². The van der Waals surface area contributed by atoms with E-state index in [9.17, 15) is 16.8 Å². The molecule has 0 spiro atoms. The Balaban J connectivity index is 1.56. The monoisotopic (exact) mass is 447 g/mol. The van der Waals surface area contributed by atoms with E-state index in [1.54, 1.807) is 36.4 Å². The van der Waals surface area contributed by atoms with E-state index in [4.69, 9.17) is 11.6 Å². The molecule has 3 aromatic carbocycles. The Bertz CT molecular complexity index is 1340. The van der Waals surface area contributed by atoms with E-state index in [0.717, 1.165) is 0 Å². The van der Waals surface area contributed by atoms with Gasteiger partial charge in [0.25, 0.3) is 20.0 Å². The fourth-order valence-corrected chi connectivity index (χ4v) is 5.23. The highest BCUT2D eigenvalue weighted by molar-refractivity contribution is 7.92. The standard InChI is InChI=1S/C19H14ClN3O4S2/c20-13-4-3-5-15(12-13)22-28(24,25)16-10-8-14(9-11-16)21-19-17-6-1-2-7-18(17)29(26,27)23-19/h1-12,22H,(H,21,23). The lowest BCUT2D eigenvalue weighted by Crippen LogP contribution is -2.14. The maximum atomic E-state index is 12.5. The predicted octanol–water partition coefficient (Wildman–Crippen LogP) is 3.70. The van der Waals surface area contributed by atoms with Crippen LogP contribution in [0.2, 0.25) is 5.02 Å². The highest BCUT2D eigenvalue weighted by atomic mass is 35.5. The Kier molecular flexibility index (Phi) is 4.81. The second-order valence-corrected chi connectivity index (χ2v) is 9.87. The van der Waals surface area contributed by atoms with Crippen molar-refractivity contribution in [2.45, 2.75) is 9.79 Å². The van der Waals surface area contributed by atoms with Crippen molar-refractivity contribution in [2.75, 3.05) is 10.0 Å². The molecule has 0 bridgehead atoms. The number of nitrogens with zero attached hydrogens (tertiary/aromatic N) is 1. The van der Waals surface area contributed by atoms with Crippen molar-refractivity contribution in [1.82, 2.24) is 0 Å². The quantitative estimate of drug-likeness (QED) is 0.634. The molecule has 0 saturated heterocycles. The number of hydrogen-bond acceptors (Lipinski definition) is 5. The van der Waals surface area contributed by atoms with Gasteiger partial charge in [0, 0.05) is 16.3 Å². The van der Waals surface area contributed by atoms with Crippen LogP contribution in [0.4, 0.5) is 11.4 Å². The fourth-order valence-electron chi connectivity index (χ4n) is 2.82. The summed E-state index contributed by atoms with van der Waals surface area (Å²) in [5.74, 6) is 0.188. The molecule has 0 unspecified atom stereocenters. The number of sulfonamides is 2. The van der Waals surface area contributed by atoms with Crippen LogP contribution in [-0.4, -0.2) is 22.7 Å². The molecule has 1 heterocycles. The van der Waals surface area contributed by atoms with Gasteiger partial charge >= 0.3 is 0 Å². The van der Waals surface area contributed by atoms with Gasteiger partial charge in [-0.25, -0.2) is 8.42 Å². The first-order chi connectivity index (χ1) is 13.7. The minimum atomic E-state index is -3.80. The lowest BCUT2D eigenvalue weighted by Gasteiger charge is -2.10. The fraction of sp³-hybridized carbons (Fsp3) is 0. The molecule has 0 radical (unpaired) electrons. The first-order valence-corrected chi connectivity index (χ1v) is 11.6. The van der Waals surface area contributed by atoms with E-state index in [1.807, 2.05) is 0 Å². The van der Waals surface area contributed by atoms with Gasteiger partial charge in [0.2, 0.25) is 0 Å². The van der Waals surface area contributed by atoms with Gasteiger partial charge in [0.05, 0.1) is 10.6 Å². The highest BCUT2D eigenvalue weighted by Crippen LogP contribution is 2.27. The summed E-state index contributed by atoms with van der Waals surface area (Å²) in [7, 11) is -7.54. The summed E-state index contributed by atoms with van der Waals surface area (Å²) >= 11 is 5.88. The summed E-state index contributed by atoms with van der Waals surface area (Å²) in [5, 5.41) is 3.34. The maximum absolute atomic E-state index is 12.5. The van der Waals surface area contributed by atoms with E-state index in [1.165, 1.54) is 36.4 Å². The molecular weight excluding hydrogens is 434 g/mol. The van der Waals surface area contributed by atoms with E-state index in [2.05, 4.69) is 14.4 Å². The van der Waals surface area contributed by atoms with Crippen molar-refractivity contribution in [1.29, 1.82) is 0 Å². The SMILES string of the molecule is O=S1(=O)N=C(Nc2ccc(S(=O)(=O)Nc3cccc(Cl)c3)cc2)c2ccccc21. The third kappa shape index (κ3) is 3.98. The summed E-state index contributed by atoms with van der Waals surface area (Å²) in [5.41, 5.74) is 1.31. The van der Waals surface area contributed by atoms with Crippen LogP contribution in [0.15, 0.2) is 87.0 Å². The zero-order chi connectivity index (χ0) is 20.6. The molecule has 148 valence electrons. The summed E-state index contributed by atoms with van der Waals surface area (Å²) in [4.78, 5) is 0.178. The molecule has 1 aliphatic rings. The van der Waals surface area contributed by atoms with E-state index in [0.29, 0.717) is 22.0 Å². The number of halogens is 1. The zero-order valence-corrected chi connectivity index (χ0v) is 17.1. The predicted molar refractivity (Wildman–Crippen MR) is 112 cm³/mol. The van der Waals surface area contributed by atoms with Gasteiger partial charge in [0.15, 0.2) is 5.84 Å². The number of fused-ring (bicyclic) bond motifs is 1. The minimum absolute atomic E-state index is 0.0457. The van der Waals surface area contributed by atoms with Crippen LogP contribution in [0.25, 0.3) is 0 Å². The number of amidine groups is 1. The molecular formula is C19H14ClN3O4S2. The Hall–Kier alpha value is -2.88.